The van der Waals surface area contributed by atoms with Gasteiger partial charge in [0.25, 0.3) is 0 Å². The smallest absolute Gasteiger partial charge is 0.0690 e. The predicted octanol–water partition coefficient (Wildman–Crippen LogP) is 6.79. The Labute approximate surface area is 133 Å². The molecule has 0 saturated heterocycles. The molecule has 124 valence electrons. The Morgan fingerprint density at radius 3 is 1.19 bits per heavy atom. The minimum atomic E-state index is 0.227. The predicted molar refractivity (Wildman–Crippen MR) is 91.8 cm³/mol. The van der Waals surface area contributed by atoms with Gasteiger partial charge in [0, 0.05) is 0 Å². The number of hydrogen-bond acceptors (Lipinski definition) is 1. The quantitative estimate of drug-likeness (QED) is 0.490. The summed E-state index contributed by atoms with van der Waals surface area (Å²) in [6.07, 6.45) is 21.7. The molecule has 0 aromatic carbocycles. The summed E-state index contributed by atoms with van der Waals surface area (Å²) in [6, 6.07) is 0. The molecule has 0 unspecified atom stereocenters. The zero-order chi connectivity index (χ0) is 15.0. The van der Waals surface area contributed by atoms with Crippen LogP contribution in [0.5, 0.6) is 0 Å². The molecule has 0 heterocycles. The maximum atomic E-state index is 7.15. The first kappa shape index (κ1) is 17.3. The molecule has 1 nitrogen and oxygen atoms in total. The zero-order valence-corrected chi connectivity index (χ0v) is 14.7. The van der Waals surface area contributed by atoms with Crippen LogP contribution in [0.25, 0.3) is 0 Å². The van der Waals surface area contributed by atoms with Crippen LogP contribution in [-0.4, -0.2) is 11.2 Å². The second-order valence-corrected chi connectivity index (χ2v) is 7.80. The van der Waals surface area contributed by atoms with Gasteiger partial charge in [0.15, 0.2) is 0 Å². The third-order valence-corrected chi connectivity index (χ3v) is 5.87. The Balaban J connectivity index is 2.13. The van der Waals surface area contributed by atoms with E-state index in [1.54, 1.807) is 0 Å². The number of ether oxygens (including phenoxy) is 1. The van der Waals surface area contributed by atoms with Gasteiger partial charge in [0.05, 0.1) is 11.2 Å². The maximum absolute atomic E-state index is 7.15. The van der Waals surface area contributed by atoms with Crippen molar-refractivity contribution in [2.75, 3.05) is 0 Å². The molecule has 21 heavy (non-hydrogen) atoms. The third-order valence-electron chi connectivity index (χ3n) is 5.87. The molecule has 0 atom stereocenters. The Bertz CT molecular complexity index is 240. The summed E-state index contributed by atoms with van der Waals surface area (Å²) in [5.74, 6) is 0. The van der Waals surface area contributed by atoms with E-state index in [-0.39, 0.29) is 11.2 Å². The normalized spacial score (nSPS) is 26.0. The topological polar surface area (TPSA) is 9.23 Å². The lowest BCUT2D eigenvalue weighted by Crippen LogP contribution is -2.44. The highest BCUT2D eigenvalue weighted by atomic mass is 16.5. The molecule has 2 aliphatic carbocycles. The summed E-state index contributed by atoms with van der Waals surface area (Å²) in [7, 11) is 0. The molecule has 0 aliphatic heterocycles. The van der Waals surface area contributed by atoms with E-state index >= 15 is 0 Å². The van der Waals surface area contributed by atoms with Gasteiger partial charge < -0.3 is 4.74 Å². The molecule has 1 heteroatoms. The van der Waals surface area contributed by atoms with Crippen LogP contribution in [0.1, 0.15) is 117 Å². The van der Waals surface area contributed by atoms with Crippen LogP contribution in [0.15, 0.2) is 0 Å². The SMILES string of the molecule is CCCC1(OC2(CCC)CCCCCC2)CCCCCC1. The van der Waals surface area contributed by atoms with E-state index in [1.807, 2.05) is 0 Å². The van der Waals surface area contributed by atoms with Gasteiger partial charge >= 0.3 is 0 Å². The van der Waals surface area contributed by atoms with Crippen molar-refractivity contribution in [3.63, 3.8) is 0 Å². The van der Waals surface area contributed by atoms with Gasteiger partial charge in [-0.05, 0) is 38.5 Å². The molecule has 2 aliphatic rings. The Morgan fingerprint density at radius 1 is 0.571 bits per heavy atom. The Kier molecular flexibility index (Phi) is 7.05. The molecule has 0 N–H and O–H groups in total. The molecule has 2 saturated carbocycles. The van der Waals surface area contributed by atoms with Crippen LogP contribution in [0, 0.1) is 0 Å². The highest BCUT2D eigenvalue weighted by Gasteiger charge is 2.41. The van der Waals surface area contributed by atoms with Gasteiger partial charge in [-0.25, -0.2) is 0 Å². The molecule has 0 aromatic rings. The molecule has 0 bridgehead atoms. The van der Waals surface area contributed by atoms with E-state index in [2.05, 4.69) is 13.8 Å². The van der Waals surface area contributed by atoms with Crippen LogP contribution in [0.4, 0.5) is 0 Å². The standard InChI is InChI=1S/C20H38O/c1-3-13-19(15-9-5-6-10-16-19)21-20(14-4-2)17-11-7-8-12-18-20/h3-18H2,1-2H3. The molecule has 0 aromatic heterocycles. The van der Waals surface area contributed by atoms with Crippen LogP contribution in [0.3, 0.4) is 0 Å². The molecular formula is C20H38O. The maximum Gasteiger partial charge on any atom is 0.0690 e. The van der Waals surface area contributed by atoms with Crippen molar-refractivity contribution >= 4 is 0 Å². The molecule has 0 spiro atoms. The number of rotatable bonds is 6. The van der Waals surface area contributed by atoms with Crippen molar-refractivity contribution in [1.29, 1.82) is 0 Å². The van der Waals surface area contributed by atoms with Crippen LogP contribution in [0.2, 0.25) is 0 Å². The van der Waals surface area contributed by atoms with Crippen molar-refractivity contribution in [3.8, 4) is 0 Å². The molecule has 2 rings (SSSR count). The van der Waals surface area contributed by atoms with Crippen molar-refractivity contribution in [2.45, 2.75) is 128 Å². The van der Waals surface area contributed by atoms with Crippen molar-refractivity contribution in [1.82, 2.24) is 0 Å². The fourth-order valence-electron chi connectivity index (χ4n) is 4.92. The average Bonchev–Trinajstić information content (AvgIpc) is 2.81. The first-order chi connectivity index (χ1) is 10.2. The highest BCUT2D eigenvalue weighted by Crippen LogP contribution is 2.43. The van der Waals surface area contributed by atoms with Gasteiger partial charge in [0.2, 0.25) is 0 Å². The largest absolute Gasteiger partial charge is 0.369 e. The fraction of sp³-hybridized carbons (Fsp3) is 1.00. The Morgan fingerprint density at radius 2 is 0.905 bits per heavy atom. The van der Waals surface area contributed by atoms with E-state index < -0.39 is 0 Å². The van der Waals surface area contributed by atoms with Crippen molar-refractivity contribution in [3.05, 3.63) is 0 Å². The minimum Gasteiger partial charge on any atom is -0.369 e. The van der Waals surface area contributed by atoms with Crippen LogP contribution in [-0.2, 0) is 4.74 Å². The van der Waals surface area contributed by atoms with Gasteiger partial charge in [-0.15, -0.1) is 0 Å². The van der Waals surface area contributed by atoms with E-state index in [4.69, 9.17) is 4.74 Å². The monoisotopic (exact) mass is 294 g/mol. The summed E-state index contributed by atoms with van der Waals surface area (Å²) in [5.41, 5.74) is 0.454. The summed E-state index contributed by atoms with van der Waals surface area (Å²) >= 11 is 0. The fourth-order valence-corrected chi connectivity index (χ4v) is 4.92. The second-order valence-electron chi connectivity index (χ2n) is 7.80. The zero-order valence-electron chi connectivity index (χ0n) is 14.7. The molecular weight excluding hydrogens is 256 g/mol. The summed E-state index contributed by atoms with van der Waals surface area (Å²) in [4.78, 5) is 0. The lowest BCUT2D eigenvalue weighted by atomic mass is 9.84. The van der Waals surface area contributed by atoms with E-state index in [0.717, 1.165) is 0 Å². The minimum absolute atomic E-state index is 0.227. The first-order valence-electron chi connectivity index (χ1n) is 9.94. The van der Waals surface area contributed by atoms with Gasteiger partial charge in [-0.3, -0.25) is 0 Å². The summed E-state index contributed by atoms with van der Waals surface area (Å²) in [5, 5.41) is 0. The van der Waals surface area contributed by atoms with Crippen molar-refractivity contribution in [2.24, 2.45) is 0 Å². The summed E-state index contributed by atoms with van der Waals surface area (Å²) in [6.45, 7) is 4.69. The van der Waals surface area contributed by atoms with Crippen LogP contribution < -0.4 is 0 Å². The summed E-state index contributed by atoms with van der Waals surface area (Å²) < 4.78 is 7.15. The lowest BCUT2D eigenvalue weighted by Gasteiger charge is -2.44. The lowest BCUT2D eigenvalue weighted by molar-refractivity contribution is -0.177. The van der Waals surface area contributed by atoms with Gasteiger partial charge in [-0.1, -0.05) is 78.1 Å². The number of hydrogen-bond donors (Lipinski definition) is 0. The van der Waals surface area contributed by atoms with Gasteiger partial charge in [0.1, 0.15) is 0 Å². The van der Waals surface area contributed by atoms with Crippen LogP contribution >= 0.6 is 0 Å². The molecule has 0 radical (unpaired) electrons. The van der Waals surface area contributed by atoms with E-state index in [1.165, 1.54) is 103 Å². The third kappa shape index (κ3) is 4.98. The van der Waals surface area contributed by atoms with E-state index in [9.17, 15) is 0 Å². The average molecular weight is 295 g/mol. The van der Waals surface area contributed by atoms with Crippen molar-refractivity contribution < 1.29 is 4.74 Å². The van der Waals surface area contributed by atoms with Gasteiger partial charge in [-0.2, -0.15) is 0 Å². The molecule has 0 amide bonds. The van der Waals surface area contributed by atoms with E-state index in [0.29, 0.717) is 0 Å². The highest BCUT2D eigenvalue weighted by molar-refractivity contribution is 4.91. The second kappa shape index (κ2) is 8.56. The Hall–Kier alpha value is -0.0400. The first-order valence-corrected chi connectivity index (χ1v) is 9.94. The molecule has 2 fully saturated rings.